The van der Waals surface area contributed by atoms with Crippen molar-refractivity contribution >= 4 is 38.9 Å². The van der Waals surface area contributed by atoms with Gasteiger partial charge in [-0.15, -0.1) is 0 Å². The largest absolute Gasteiger partial charge is 0.490 e. The predicted molar refractivity (Wildman–Crippen MR) is 119 cm³/mol. The molecule has 3 aromatic rings. The molecule has 8 heteroatoms. The Morgan fingerprint density at radius 3 is 2.47 bits per heavy atom. The molecule has 0 bridgehead atoms. The van der Waals surface area contributed by atoms with E-state index >= 15 is 0 Å². The summed E-state index contributed by atoms with van der Waals surface area (Å²) in [6, 6.07) is 19.1. The minimum atomic E-state index is -3.88. The van der Waals surface area contributed by atoms with Crippen molar-refractivity contribution in [2.75, 3.05) is 16.6 Å². The van der Waals surface area contributed by atoms with Crippen molar-refractivity contribution in [3.63, 3.8) is 0 Å². The molecule has 0 aromatic heterocycles. The molecule has 0 aliphatic heterocycles. The molecule has 154 valence electrons. The maximum Gasteiger partial charge on any atom is 0.262 e. The van der Waals surface area contributed by atoms with Crippen molar-refractivity contribution in [2.24, 2.45) is 0 Å². The highest BCUT2D eigenvalue weighted by Gasteiger charge is 2.17. The molecular weight excluding hydrogens is 424 g/mol. The Kier molecular flexibility index (Phi) is 6.76. The molecule has 0 heterocycles. The molecule has 3 rings (SSSR count). The number of nitrogens with one attached hydrogen (secondary N) is 2. The van der Waals surface area contributed by atoms with E-state index in [1.54, 1.807) is 66.7 Å². The lowest BCUT2D eigenvalue weighted by Crippen LogP contribution is -2.15. The average molecular weight is 443 g/mol. The topological polar surface area (TPSA) is 84.5 Å². The van der Waals surface area contributed by atoms with Gasteiger partial charge in [-0.3, -0.25) is 9.52 Å². The van der Waals surface area contributed by atoms with Crippen LogP contribution in [0.25, 0.3) is 0 Å². The van der Waals surface area contributed by atoms with E-state index in [1.807, 2.05) is 0 Å². The SMILES string of the molecule is C=CCOc1ccc(C(=O)Nc2cccc(S(=O)(=O)Nc3ccccc3Cl)c2)cc1. The first-order chi connectivity index (χ1) is 14.4. The summed E-state index contributed by atoms with van der Waals surface area (Å²) in [5, 5.41) is 2.98. The number of para-hydroxylation sites is 1. The van der Waals surface area contributed by atoms with Gasteiger partial charge >= 0.3 is 0 Å². The number of rotatable bonds is 8. The highest BCUT2D eigenvalue weighted by molar-refractivity contribution is 7.92. The summed E-state index contributed by atoms with van der Waals surface area (Å²) in [7, 11) is -3.88. The molecule has 0 unspecified atom stereocenters. The number of halogens is 1. The monoisotopic (exact) mass is 442 g/mol. The Hall–Kier alpha value is -3.29. The zero-order valence-corrected chi connectivity index (χ0v) is 17.4. The maximum atomic E-state index is 12.7. The van der Waals surface area contributed by atoms with Crippen LogP contribution in [0.2, 0.25) is 5.02 Å². The lowest BCUT2D eigenvalue weighted by molar-refractivity contribution is 0.102. The van der Waals surface area contributed by atoms with E-state index in [1.165, 1.54) is 12.1 Å². The summed E-state index contributed by atoms with van der Waals surface area (Å²) in [4.78, 5) is 12.5. The van der Waals surface area contributed by atoms with Crippen LogP contribution in [0.15, 0.2) is 90.3 Å². The first-order valence-electron chi connectivity index (χ1n) is 8.91. The van der Waals surface area contributed by atoms with Crippen LogP contribution in [0.4, 0.5) is 11.4 Å². The molecular formula is C22H19ClN2O4S. The standard InChI is InChI=1S/C22H19ClN2O4S/c1-2-14-29-18-12-10-16(11-13-18)22(26)24-17-6-5-7-19(15-17)30(27,28)25-21-9-4-3-8-20(21)23/h2-13,15,25H,1,14H2,(H,24,26). The highest BCUT2D eigenvalue weighted by Crippen LogP contribution is 2.25. The molecule has 3 aromatic carbocycles. The Balaban J connectivity index is 1.74. The fourth-order valence-electron chi connectivity index (χ4n) is 2.55. The van der Waals surface area contributed by atoms with E-state index in [2.05, 4.69) is 16.6 Å². The molecule has 6 nitrogen and oxygen atoms in total. The quantitative estimate of drug-likeness (QED) is 0.483. The van der Waals surface area contributed by atoms with Gasteiger partial charge in [0.05, 0.1) is 15.6 Å². The van der Waals surface area contributed by atoms with Crippen molar-refractivity contribution in [3.05, 3.63) is 96.0 Å². The Labute approximate surface area is 180 Å². The number of benzene rings is 3. The first kappa shape index (κ1) is 21.4. The van der Waals surface area contributed by atoms with E-state index in [-0.39, 0.29) is 21.5 Å². The third kappa shape index (κ3) is 5.40. The van der Waals surface area contributed by atoms with Crippen molar-refractivity contribution in [1.82, 2.24) is 0 Å². The van der Waals surface area contributed by atoms with Crippen LogP contribution in [0.1, 0.15) is 10.4 Å². The molecule has 1 amide bonds. The summed E-state index contributed by atoms with van der Waals surface area (Å²) in [5.41, 5.74) is 1.02. The number of hydrogen-bond acceptors (Lipinski definition) is 4. The number of ether oxygens (including phenoxy) is 1. The maximum absolute atomic E-state index is 12.7. The number of sulfonamides is 1. The van der Waals surface area contributed by atoms with Gasteiger partial charge in [0.2, 0.25) is 0 Å². The third-order valence-electron chi connectivity index (χ3n) is 4.00. The molecule has 2 N–H and O–H groups in total. The second-order valence-corrected chi connectivity index (χ2v) is 8.28. The molecule has 0 fully saturated rings. The van der Waals surface area contributed by atoms with Crippen LogP contribution in [0, 0.1) is 0 Å². The second-order valence-electron chi connectivity index (χ2n) is 6.19. The number of anilines is 2. The van der Waals surface area contributed by atoms with Crippen molar-refractivity contribution in [2.45, 2.75) is 4.90 Å². The van der Waals surface area contributed by atoms with E-state index in [0.717, 1.165) is 0 Å². The average Bonchev–Trinajstić information content (AvgIpc) is 2.74. The predicted octanol–water partition coefficient (Wildman–Crippen LogP) is 4.96. The smallest absolute Gasteiger partial charge is 0.262 e. The molecule has 0 radical (unpaired) electrons. The lowest BCUT2D eigenvalue weighted by atomic mass is 10.2. The van der Waals surface area contributed by atoms with Gasteiger partial charge in [0.1, 0.15) is 12.4 Å². The summed E-state index contributed by atoms with van der Waals surface area (Å²) >= 11 is 6.03. The van der Waals surface area contributed by atoms with E-state index < -0.39 is 10.0 Å². The van der Waals surface area contributed by atoms with Gasteiger partial charge < -0.3 is 10.1 Å². The van der Waals surface area contributed by atoms with Crippen LogP contribution in [-0.4, -0.2) is 20.9 Å². The van der Waals surface area contributed by atoms with E-state index in [0.29, 0.717) is 23.6 Å². The molecule has 0 atom stereocenters. The van der Waals surface area contributed by atoms with Gasteiger partial charge in [-0.25, -0.2) is 8.42 Å². The first-order valence-corrected chi connectivity index (χ1v) is 10.8. The molecule has 0 saturated carbocycles. The molecule has 0 saturated heterocycles. The number of carbonyl (C=O) groups excluding carboxylic acids is 1. The summed E-state index contributed by atoms with van der Waals surface area (Å²) < 4.78 is 33.2. The van der Waals surface area contributed by atoms with Crippen LogP contribution in [-0.2, 0) is 10.0 Å². The Morgan fingerprint density at radius 1 is 1.03 bits per heavy atom. The van der Waals surface area contributed by atoms with Crippen molar-refractivity contribution in [1.29, 1.82) is 0 Å². The fraction of sp³-hybridized carbons (Fsp3) is 0.0455. The van der Waals surface area contributed by atoms with Gasteiger partial charge in [0.25, 0.3) is 15.9 Å². The van der Waals surface area contributed by atoms with E-state index in [9.17, 15) is 13.2 Å². The third-order valence-corrected chi connectivity index (χ3v) is 5.70. The van der Waals surface area contributed by atoms with Crippen molar-refractivity contribution in [3.8, 4) is 5.75 Å². The Morgan fingerprint density at radius 2 is 1.77 bits per heavy atom. The van der Waals surface area contributed by atoms with Crippen LogP contribution in [0.5, 0.6) is 5.75 Å². The van der Waals surface area contributed by atoms with E-state index in [4.69, 9.17) is 16.3 Å². The van der Waals surface area contributed by atoms with Crippen molar-refractivity contribution < 1.29 is 17.9 Å². The summed E-state index contributed by atoms with van der Waals surface area (Å²) in [5.74, 6) is 0.240. The number of carbonyl (C=O) groups is 1. The van der Waals surface area contributed by atoms with Crippen LogP contribution >= 0.6 is 11.6 Å². The Bertz CT molecular complexity index is 1160. The van der Waals surface area contributed by atoms with Crippen LogP contribution < -0.4 is 14.8 Å². The molecule has 0 spiro atoms. The summed E-state index contributed by atoms with van der Waals surface area (Å²) in [6.45, 7) is 3.95. The zero-order valence-electron chi connectivity index (χ0n) is 15.8. The summed E-state index contributed by atoms with van der Waals surface area (Å²) in [6.07, 6.45) is 1.63. The lowest BCUT2D eigenvalue weighted by Gasteiger charge is -2.11. The highest BCUT2D eigenvalue weighted by atomic mass is 35.5. The van der Waals surface area contributed by atoms with Gasteiger partial charge in [0.15, 0.2) is 0 Å². The molecule has 0 aliphatic rings. The normalized spacial score (nSPS) is 10.8. The number of amides is 1. The zero-order chi connectivity index (χ0) is 21.6. The number of hydrogen-bond donors (Lipinski definition) is 2. The van der Waals surface area contributed by atoms with Crippen LogP contribution in [0.3, 0.4) is 0 Å². The minimum absolute atomic E-state index is 0.00612. The fourth-order valence-corrected chi connectivity index (χ4v) is 3.91. The molecule has 0 aliphatic carbocycles. The van der Waals surface area contributed by atoms with Gasteiger partial charge in [-0.1, -0.05) is 42.5 Å². The van der Waals surface area contributed by atoms with Gasteiger partial charge in [-0.05, 0) is 54.6 Å². The second kappa shape index (κ2) is 9.47. The van der Waals surface area contributed by atoms with Gasteiger partial charge in [0, 0.05) is 11.3 Å². The van der Waals surface area contributed by atoms with Gasteiger partial charge in [-0.2, -0.15) is 0 Å². The molecule has 30 heavy (non-hydrogen) atoms. The minimum Gasteiger partial charge on any atom is -0.490 e.